The van der Waals surface area contributed by atoms with Gasteiger partial charge >= 0.3 is 0 Å². The first-order valence-electron chi connectivity index (χ1n) is 9.05. The van der Waals surface area contributed by atoms with Crippen LogP contribution < -0.4 is 15.4 Å². The highest BCUT2D eigenvalue weighted by atomic mass is 32.2. The van der Waals surface area contributed by atoms with Gasteiger partial charge < -0.3 is 5.32 Å². The zero-order chi connectivity index (χ0) is 22.3. The Hall–Kier alpha value is -3.56. The average molecular weight is 456 g/mol. The molecule has 0 radical (unpaired) electrons. The Morgan fingerprint density at radius 3 is 2.16 bits per heavy atom. The lowest BCUT2D eigenvalue weighted by molar-refractivity contribution is -0.115. The molecule has 0 unspecified atom stereocenters. The maximum Gasteiger partial charge on any atom is 0.261 e. The average Bonchev–Trinajstić information content (AvgIpc) is 2.74. The summed E-state index contributed by atoms with van der Waals surface area (Å²) < 4.78 is 40.3. The normalized spacial score (nSPS) is 11.1. The van der Waals surface area contributed by atoms with Crippen molar-refractivity contribution in [1.82, 2.24) is 5.32 Å². The minimum atomic E-state index is -3.73. The van der Waals surface area contributed by atoms with E-state index in [1.54, 1.807) is 30.3 Å². The van der Waals surface area contributed by atoms with Gasteiger partial charge in [0.2, 0.25) is 5.91 Å². The summed E-state index contributed by atoms with van der Waals surface area (Å²) in [6.07, 6.45) is 2.79. The molecule has 0 bridgehead atoms. The number of sulfonamides is 1. The third-order valence-electron chi connectivity index (χ3n) is 3.98. The van der Waals surface area contributed by atoms with Crippen LogP contribution in [0.3, 0.4) is 0 Å². The predicted molar refractivity (Wildman–Crippen MR) is 123 cm³/mol. The molecule has 1 amide bonds. The molecule has 31 heavy (non-hydrogen) atoms. The first-order valence-corrected chi connectivity index (χ1v) is 10.9. The molecule has 0 fully saturated rings. The lowest BCUT2D eigenvalue weighted by Gasteiger charge is -2.10. The Morgan fingerprint density at radius 2 is 1.52 bits per heavy atom. The summed E-state index contributed by atoms with van der Waals surface area (Å²) in [5.41, 5.74) is 1.63. The molecule has 6 nitrogen and oxygen atoms in total. The van der Waals surface area contributed by atoms with Crippen molar-refractivity contribution in [3.63, 3.8) is 0 Å². The number of thiocarbonyl (C=S) groups is 1. The van der Waals surface area contributed by atoms with Crippen molar-refractivity contribution >= 4 is 50.7 Å². The van der Waals surface area contributed by atoms with Gasteiger partial charge in [-0.05, 0) is 72.4 Å². The highest BCUT2D eigenvalue weighted by Crippen LogP contribution is 2.18. The number of carbonyl (C=O) groups excluding carboxylic acids is 1. The summed E-state index contributed by atoms with van der Waals surface area (Å²) in [5.74, 6) is -0.824. The SMILES string of the molecule is O=C(C=Cc1ccc(F)cc1)NC(=S)Nc1ccc(S(=O)(=O)Nc2ccccc2)cc1. The molecule has 0 spiro atoms. The number of para-hydroxylation sites is 1. The van der Waals surface area contributed by atoms with Gasteiger partial charge in [-0.15, -0.1) is 0 Å². The quantitative estimate of drug-likeness (QED) is 0.384. The van der Waals surface area contributed by atoms with Gasteiger partial charge in [0.05, 0.1) is 4.90 Å². The first kappa shape index (κ1) is 22.1. The third-order valence-corrected chi connectivity index (χ3v) is 5.58. The van der Waals surface area contributed by atoms with Crippen LogP contribution in [0.1, 0.15) is 5.56 Å². The smallest absolute Gasteiger partial charge is 0.261 e. The van der Waals surface area contributed by atoms with Crippen molar-refractivity contribution in [1.29, 1.82) is 0 Å². The van der Waals surface area contributed by atoms with Crippen LogP contribution in [-0.4, -0.2) is 19.4 Å². The Balaban J connectivity index is 1.55. The topological polar surface area (TPSA) is 87.3 Å². The van der Waals surface area contributed by atoms with E-state index in [4.69, 9.17) is 12.2 Å². The number of rotatable bonds is 6. The molecule has 3 aromatic rings. The number of halogens is 1. The molecule has 3 aromatic carbocycles. The van der Waals surface area contributed by atoms with Crippen LogP contribution in [0.15, 0.2) is 89.8 Å². The van der Waals surface area contributed by atoms with E-state index in [-0.39, 0.29) is 15.8 Å². The van der Waals surface area contributed by atoms with E-state index in [1.165, 1.54) is 60.7 Å². The van der Waals surface area contributed by atoms with Crippen LogP contribution in [0.4, 0.5) is 15.8 Å². The second-order valence-corrected chi connectivity index (χ2v) is 8.41. The zero-order valence-corrected chi connectivity index (χ0v) is 17.7. The van der Waals surface area contributed by atoms with Gasteiger partial charge in [-0.3, -0.25) is 14.8 Å². The van der Waals surface area contributed by atoms with Crippen LogP contribution in [0.5, 0.6) is 0 Å². The van der Waals surface area contributed by atoms with Crippen LogP contribution in [0, 0.1) is 5.82 Å². The molecule has 0 atom stereocenters. The molecule has 0 heterocycles. The largest absolute Gasteiger partial charge is 0.332 e. The number of anilines is 2. The van der Waals surface area contributed by atoms with Crippen LogP contribution in [-0.2, 0) is 14.8 Å². The Bertz CT molecular complexity index is 1200. The predicted octanol–water partition coefficient (Wildman–Crippen LogP) is 4.15. The van der Waals surface area contributed by atoms with E-state index in [0.717, 1.165) is 0 Å². The summed E-state index contributed by atoms with van der Waals surface area (Å²) >= 11 is 5.10. The fraction of sp³-hybridized carbons (Fsp3) is 0. The third kappa shape index (κ3) is 6.73. The molecule has 3 rings (SSSR count). The van der Waals surface area contributed by atoms with Crippen molar-refractivity contribution in [2.75, 3.05) is 10.0 Å². The fourth-order valence-electron chi connectivity index (χ4n) is 2.50. The van der Waals surface area contributed by atoms with E-state index < -0.39 is 15.9 Å². The number of nitrogens with one attached hydrogen (secondary N) is 3. The lowest BCUT2D eigenvalue weighted by Crippen LogP contribution is -2.32. The van der Waals surface area contributed by atoms with Crippen LogP contribution >= 0.6 is 12.2 Å². The zero-order valence-electron chi connectivity index (χ0n) is 16.1. The Labute approximate surface area is 184 Å². The highest BCUT2D eigenvalue weighted by Gasteiger charge is 2.14. The summed E-state index contributed by atoms with van der Waals surface area (Å²) in [7, 11) is -3.73. The minimum Gasteiger partial charge on any atom is -0.332 e. The monoisotopic (exact) mass is 455 g/mol. The number of amides is 1. The molecule has 0 aromatic heterocycles. The van der Waals surface area contributed by atoms with Gasteiger partial charge in [0.15, 0.2) is 5.11 Å². The minimum absolute atomic E-state index is 0.0479. The second kappa shape index (κ2) is 9.96. The van der Waals surface area contributed by atoms with E-state index in [9.17, 15) is 17.6 Å². The first-order chi connectivity index (χ1) is 14.8. The molecule has 0 aliphatic carbocycles. The van der Waals surface area contributed by atoms with E-state index in [2.05, 4.69) is 15.4 Å². The highest BCUT2D eigenvalue weighted by molar-refractivity contribution is 7.92. The van der Waals surface area contributed by atoms with E-state index in [1.807, 2.05) is 0 Å². The van der Waals surface area contributed by atoms with Gasteiger partial charge in [0.1, 0.15) is 5.82 Å². The molecule has 0 aliphatic heterocycles. The van der Waals surface area contributed by atoms with Crippen molar-refractivity contribution in [3.05, 3.63) is 96.3 Å². The Kier molecular flexibility index (Phi) is 7.11. The van der Waals surface area contributed by atoms with Gasteiger partial charge in [0.25, 0.3) is 10.0 Å². The molecule has 0 aliphatic rings. The molecular weight excluding hydrogens is 437 g/mol. The second-order valence-electron chi connectivity index (χ2n) is 6.32. The summed E-state index contributed by atoms with van der Waals surface area (Å²) in [6.45, 7) is 0. The van der Waals surface area contributed by atoms with Crippen molar-refractivity contribution in [2.24, 2.45) is 0 Å². The van der Waals surface area contributed by atoms with Crippen LogP contribution in [0.25, 0.3) is 6.08 Å². The molecule has 0 saturated heterocycles. The Morgan fingerprint density at radius 1 is 0.871 bits per heavy atom. The number of hydrogen-bond donors (Lipinski definition) is 3. The summed E-state index contributed by atoms with van der Waals surface area (Å²) in [4.78, 5) is 12.0. The van der Waals surface area contributed by atoms with Crippen molar-refractivity contribution in [2.45, 2.75) is 4.90 Å². The lowest BCUT2D eigenvalue weighted by atomic mass is 10.2. The van der Waals surface area contributed by atoms with E-state index in [0.29, 0.717) is 16.9 Å². The van der Waals surface area contributed by atoms with Gasteiger partial charge in [-0.1, -0.05) is 30.3 Å². The molecular formula is C22H18FN3O3S2. The maximum atomic E-state index is 12.9. The van der Waals surface area contributed by atoms with Crippen LogP contribution in [0.2, 0.25) is 0 Å². The standard InChI is InChI=1S/C22H18FN3O3S2/c23-17-9-6-16(7-10-17)8-15-21(27)25-22(30)24-18-11-13-20(14-12-18)31(28,29)26-19-4-2-1-3-5-19/h1-15,26H,(H2,24,25,27,30). The van der Waals surface area contributed by atoms with Crippen molar-refractivity contribution < 1.29 is 17.6 Å². The number of hydrogen-bond acceptors (Lipinski definition) is 4. The summed E-state index contributed by atoms with van der Waals surface area (Å²) in [5, 5.41) is 5.33. The van der Waals surface area contributed by atoms with Gasteiger partial charge in [-0.25, -0.2) is 12.8 Å². The number of benzene rings is 3. The molecule has 158 valence electrons. The maximum absolute atomic E-state index is 12.9. The van der Waals surface area contributed by atoms with Gasteiger partial charge in [0, 0.05) is 17.5 Å². The fourth-order valence-corrected chi connectivity index (χ4v) is 3.78. The number of carbonyl (C=O) groups is 1. The molecule has 3 N–H and O–H groups in total. The summed E-state index contributed by atoms with van der Waals surface area (Å²) in [6, 6.07) is 20.1. The van der Waals surface area contributed by atoms with Gasteiger partial charge in [-0.2, -0.15) is 0 Å². The molecule has 0 saturated carbocycles. The molecule has 9 heteroatoms. The van der Waals surface area contributed by atoms with Crippen molar-refractivity contribution in [3.8, 4) is 0 Å². The van der Waals surface area contributed by atoms with E-state index >= 15 is 0 Å².